The van der Waals surface area contributed by atoms with Crippen molar-refractivity contribution >= 4 is 22.4 Å². The summed E-state index contributed by atoms with van der Waals surface area (Å²) in [6.45, 7) is 3.04. The molecule has 0 unspecified atom stereocenters. The van der Waals surface area contributed by atoms with Crippen LogP contribution in [0.4, 0.5) is 11.5 Å². The van der Waals surface area contributed by atoms with E-state index in [1.165, 1.54) is 18.2 Å². The molecular weight excluding hydrogens is 310 g/mol. The van der Waals surface area contributed by atoms with E-state index >= 15 is 0 Å². The number of para-hydroxylation sites is 1. The SMILES string of the molecule is c1ccc2c(NCC3CN(c4ccc(C5CC5)nn4)C3)ccnc2c1. The van der Waals surface area contributed by atoms with Crippen LogP contribution in [0.5, 0.6) is 0 Å². The number of nitrogens with zero attached hydrogens (tertiary/aromatic N) is 4. The Labute approximate surface area is 147 Å². The lowest BCUT2D eigenvalue weighted by Gasteiger charge is -2.40. The summed E-state index contributed by atoms with van der Waals surface area (Å²) in [5.74, 6) is 2.32. The average Bonchev–Trinajstić information content (AvgIpc) is 3.46. The van der Waals surface area contributed by atoms with Gasteiger partial charge in [0.25, 0.3) is 0 Å². The zero-order chi connectivity index (χ0) is 16.6. The van der Waals surface area contributed by atoms with Gasteiger partial charge in [0.05, 0.1) is 11.2 Å². The Morgan fingerprint density at radius 1 is 1.00 bits per heavy atom. The van der Waals surface area contributed by atoms with Gasteiger partial charge in [-0.1, -0.05) is 18.2 Å². The summed E-state index contributed by atoms with van der Waals surface area (Å²) < 4.78 is 0. The van der Waals surface area contributed by atoms with E-state index in [1.807, 2.05) is 12.3 Å². The smallest absolute Gasteiger partial charge is 0.151 e. The Balaban J connectivity index is 1.18. The molecule has 25 heavy (non-hydrogen) atoms. The van der Waals surface area contributed by atoms with E-state index in [9.17, 15) is 0 Å². The molecule has 2 aliphatic rings. The fourth-order valence-electron chi connectivity index (χ4n) is 3.49. The third-order valence-electron chi connectivity index (χ3n) is 5.18. The van der Waals surface area contributed by atoms with Gasteiger partial charge in [0.1, 0.15) is 0 Å². The van der Waals surface area contributed by atoms with Crippen molar-refractivity contribution in [2.45, 2.75) is 18.8 Å². The molecule has 0 bridgehead atoms. The highest BCUT2D eigenvalue weighted by atomic mass is 15.3. The van der Waals surface area contributed by atoms with Gasteiger partial charge in [-0.3, -0.25) is 4.98 Å². The molecule has 1 saturated heterocycles. The van der Waals surface area contributed by atoms with Crippen LogP contribution < -0.4 is 10.2 Å². The van der Waals surface area contributed by atoms with E-state index in [-0.39, 0.29) is 0 Å². The van der Waals surface area contributed by atoms with Gasteiger partial charge in [-0.05, 0) is 37.1 Å². The molecule has 1 saturated carbocycles. The zero-order valence-electron chi connectivity index (χ0n) is 14.1. The Kier molecular flexibility index (Phi) is 3.51. The number of benzene rings is 1. The number of fused-ring (bicyclic) bond motifs is 1. The zero-order valence-corrected chi connectivity index (χ0v) is 14.1. The van der Waals surface area contributed by atoms with Gasteiger partial charge in [-0.2, -0.15) is 5.10 Å². The maximum Gasteiger partial charge on any atom is 0.151 e. The highest BCUT2D eigenvalue weighted by molar-refractivity contribution is 5.90. The molecule has 0 spiro atoms. The van der Waals surface area contributed by atoms with Crippen LogP contribution in [-0.2, 0) is 0 Å². The summed E-state index contributed by atoms with van der Waals surface area (Å²) in [5, 5.41) is 13.6. The minimum Gasteiger partial charge on any atom is -0.384 e. The first-order valence-electron chi connectivity index (χ1n) is 9.03. The number of pyridine rings is 1. The fraction of sp³-hybridized carbons (Fsp3) is 0.350. The van der Waals surface area contributed by atoms with Gasteiger partial charge < -0.3 is 10.2 Å². The second-order valence-corrected chi connectivity index (χ2v) is 7.12. The van der Waals surface area contributed by atoms with Crippen molar-refractivity contribution in [2.24, 2.45) is 5.92 Å². The highest BCUT2D eigenvalue weighted by Gasteiger charge is 2.29. The Morgan fingerprint density at radius 2 is 1.88 bits per heavy atom. The van der Waals surface area contributed by atoms with E-state index in [1.54, 1.807) is 0 Å². The summed E-state index contributed by atoms with van der Waals surface area (Å²) in [6.07, 6.45) is 4.42. The molecule has 1 aliphatic heterocycles. The van der Waals surface area contributed by atoms with E-state index in [4.69, 9.17) is 0 Å². The number of nitrogens with one attached hydrogen (secondary N) is 1. The molecule has 3 aromatic rings. The molecule has 3 heterocycles. The number of aromatic nitrogens is 3. The summed E-state index contributed by atoms with van der Waals surface area (Å²) in [6, 6.07) is 14.6. The minimum atomic E-state index is 0.636. The Morgan fingerprint density at radius 3 is 2.68 bits per heavy atom. The first-order chi connectivity index (χ1) is 12.4. The summed E-state index contributed by atoms with van der Waals surface area (Å²) in [4.78, 5) is 6.72. The van der Waals surface area contributed by atoms with Gasteiger partial charge >= 0.3 is 0 Å². The average molecular weight is 331 g/mol. The van der Waals surface area contributed by atoms with E-state index in [2.05, 4.69) is 61.8 Å². The van der Waals surface area contributed by atoms with Gasteiger partial charge in [0.2, 0.25) is 0 Å². The standard InChI is InChI=1S/C20H21N5/c1-2-4-18-16(3-1)19(9-10-21-18)22-11-14-12-25(13-14)20-8-7-17(23-24-20)15-5-6-15/h1-4,7-10,14-15H,5-6,11-13H2,(H,21,22). The third kappa shape index (κ3) is 2.90. The largest absolute Gasteiger partial charge is 0.384 e. The van der Waals surface area contributed by atoms with Crippen LogP contribution in [0.25, 0.3) is 10.9 Å². The van der Waals surface area contributed by atoms with Crippen LogP contribution in [0.1, 0.15) is 24.5 Å². The van der Waals surface area contributed by atoms with Crippen LogP contribution >= 0.6 is 0 Å². The third-order valence-corrected chi connectivity index (χ3v) is 5.18. The molecule has 0 amide bonds. The lowest BCUT2D eigenvalue weighted by Crippen LogP contribution is -2.50. The lowest BCUT2D eigenvalue weighted by atomic mass is 10.00. The Hall–Kier alpha value is -2.69. The second-order valence-electron chi connectivity index (χ2n) is 7.12. The van der Waals surface area contributed by atoms with Crippen molar-refractivity contribution in [3.8, 4) is 0 Å². The van der Waals surface area contributed by atoms with Crippen LogP contribution in [0.2, 0.25) is 0 Å². The minimum absolute atomic E-state index is 0.636. The Bertz CT molecular complexity index is 877. The van der Waals surface area contributed by atoms with Crippen molar-refractivity contribution < 1.29 is 0 Å². The number of hydrogen-bond donors (Lipinski definition) is 1. The number of hydrogen-bond acceptors (Lipinski definition) is 5. The molecule has 1 N–H and O–H groups in total. The van der Waals surface area contributed by atoms with E-state index in [0.717, 1.165) is 42.4 Å². The molecule has 126 valence electrons. The molecule has 1 aliphatic carbocycles. The molecule has 0 radical (unpaired) electrons. The summed E-state index contributed by atoms with van der Waals surface area (Å²) in [5.41, 5.74) is 3.36. The fourth-order valence-corrected chi connectivity index (χ4v) is 3.49. The van der Waals surface area contributed by atoms with Crippen molar-refractivity contribution in [1.29, 1.82) is 0 Å². The van der Waals surface area contributed by atoms with Gasteiger partial charge in [0.15, 0.2) is 5.82 Å². The topological polar surface area (TPSA) is 53.9 Å². The van der Waals surface area contributed by atoms with Crippen LogP contribution in [-0.4, -0.2) is 34.8 Å². The quantitative estimate of drug-likeness (QED) is 0.776. The van der Waals surface area contributed by atoms with Gasteiger partial charge in [-0.15, -0.1) is 5.10 Å². The van der Waals surface area contributed by atoms with E-state index < -0.39 is 0 Å². The lowest BCUT2D eigenvalue weighted by molar-refractivity contribution is 0.425. The first-order valence-corrected chi connectivity index (χ1v) is 9.03. The highest BCUT2D eigenvalue weighted by Crippen LogP contribution is 2.39. The molecule has 1 aromatic carbocycles. The second kappa shape index (κ2) is 5.99. The maximum absolute atomic E-state index is 4.42. The maximum atomic E-state index is 4.42. The summed E-state index contributed by atoms with van der Waals surface area (Å²) >= 11 is 0. The predicted octanol–water partition coefficient (Wildman–Crippen LogP) is 3.45. The molecule has 5 nitrogen and oxygen atoms in total. The first kappa shape index (κ1) is 14.6. The van der Waals surface area contributed by atoms with Gasteiger partial charge in [0, 0.05) is 48.7 Å². The van der Waals surface area contributed by atoms with Crippen LogP contribution in [0.15, 0.2) is 48.7 Å². The normalized spacial score (nSPS) is 17.5. The van der Waals surface area contributed by atoms with Crippen LogP contribution in [0.3, 0.4) is 0 Å². The molecule has 5 heteroatoms. The molecule has 5 rings (SSSR count). The van der Waals surface area contributed by atoms with Crippen molar-refractivity contribution in [2.75, 3.05) is 29.9 Å². The molecule has 0 atom stereocenters. The van der Waals surface area contributed by atoms with Crippen LogP contribution in [0, 0.1) is 5.92 Å². The predicted molar refractivity (Wildman–Crippen MR) is 99.9 cm³/mol. The van der Waals surface area contributed by atoms with Gasteiger partial charge in [-0.25, -0.2) is 0 Å². The number of anilines is 2. The van der Waals surface area contributed by atoms with E-state index in [0.29, 0.717) is 11.8 Å². The van der Waals surface area contributed by atoms with Crippen molar-refractivity contribution in [1.82, 2.24) is 15.2 Å². The molecule has 2 aromatic heterocycles. The number of rotatable bonds is 5. The molecular formula is C20H21N5. The molecule has 2 fully saturated rings. The van der Waals surface area contributed by atoms with Crippen molar-refractivity contribution in [3.63, 3.8) is 0 Å². The monoisotopic (exact) mass is 331 g/mol. The van der Waals surface area contributed by atoms with Crippen molar-refractivity contribution in [3.05, 3.63) is 54.4 Å². The summed E-state index contributed by atoms with van der Waals surface area (Å²) in [7, 11) is 0.